The van der Waals surface area contributed by atoms with Gasteiger partial charge in [-0.1, -0.05) is 6.92 Å². The fourth-order valence-electron chi connectivity index (χ4n) is 2.83. The van der Waals surface area contributed by atoms with Gasteiger partial charge >= 0.3 is 0 Å². The molecule has 0 bridgehead atoms. The average Bonchev–Trinajstić information content (AvgIpc) is 2.31. The molecule has 2 rings (SSSR count). The summed E-state index contributed by atoms with van der Waals surface area (Å²) in [6, 6.07) is 0.852. The number of piperidine rings is 1. The molecule has 0 aromatic heterocycles. The summed E-state index contributed by atoms with van der Waals surface area (Å²) in [7, 11) is 0. The summed E-state index contributed by atoms with van der Waals surface area (Å²) in [5.74, 6) is 4.31. The van der Waals surface area contributed by atoms with E-state index in [4.69, 9.17) is 5.73 Å². The minimum Gasteiger partial charge on any atom is -0.330 e. The third-order valence-corrected chi connectivity index (χ3v) is 5.30. The van der Waals surface area contributed by atoms with Gasteiger partial charge in [-0.15, -0.1) is 0 Å². The number of thioether (sulfide) groups is 1. The molecule has 0 aliphatic carbocycles. The standard InChI is InChI=1S/C12H24N2S/c1-10-4-5-14(8-11(10)7-13)12-3-2-6-15-9-12/h10-12H,2-9,13H2,1H3. The topological polar surface area (TPSA) is 29.3 Å². The number of hydrogen-bond donors (Lipinski definition) is 1. The summed E-state index contributed by atoms with van der Waals surface area (Å²) in [6.45, 7) is 5.80. The normalized spacial score (nSPS) is 39.2. The Kier molecular flexibility index (Phi) is 4.35. The van der Waals surface area contributed by atoms with Crippen LogP contribution in [0.25, 0.3) is 0 Å². The lowest BCUT2D eigenvalue weighted by Gasteiger charge is -2.42. The smallest absolute Gasteiger partial charge is 0.0186 e. The van der Waals surface area contributed by atoms with Crippen LogP contribution in [0, 0.1) is 11.8 Å². The van der Waals surface area contributed by atoms with Gasteiger partial charge in [0.25, 0.3) is 0 Å². The number of hydrogen-bond acceptors (Lipinski definition) is 3. The van der Waals surface area contributed by atoms with Crippen LogP contribution in [0.15, 0.2) is 0 Å². The molecule has 0 radical (unpaired) electrons. The Bertz CT molecular complexity index is 192. The van der Waals surface area contributed by atoms with Crippen molar-refractivity contribution in [2.75, 3.05) is 31.1 Å². The van der Waals surface area contributed by atoms with Gasteiger partial charge in [-0.3, -0.25) is 4.90 Å². The number of likely N-dealkylation sites (tertiary alicyclic amines) is 1. The highest BCUT2D eigenvalue weighted by Gasteiger charge is 2.29. The Hall–Kier alpha value is 0.270. The first kappa shape index (κ1) is 11.7. The Morgan fingerprint density at radius 1 is 1.40 bits per heavy atom. The predicted octanol–water partition coefficient (Wildman–Crippen LogP) is 1.80. The first-order valence-electron chi connectivity index (χ1n) is 6.33. The van der Waals surface area contributed by atoms with E-state index in [1.807, 2.05) is 0 Å². The second kappa shape index (κ2) is 5.55. The van der Waals surface area contributed by atoms with Crippen LogP contribution in [0.4, 0.5) is 0 Å². The van der Waals surface area contributed by atoms with Gasteiger partial charge in [0.1, 0.15) is 0 Å². The van der Waals surface area contributed by atoms with Gasteiger partial charge < -0.3 is 5.73 Å². The molecule has 2 heterocycles. The third-order valence-electron chi connectivity index (χ3n) is 4.10. The van der Waals surface area contributed by atoms with Crippen LogP contribution in [0.3, 0.4) is 0 Å². The molecule has 0 spiro atoms. The molecular weight excluding hydrogens is 204 g/mol. The molecule has 3 unspecified atom stereocenters. The van der Waals surface area contributed by atoms with E-state index in [-0.39, 0.29) is 0 Å². The largest absolute Gasteiger partial charge is 0.330 e. The van der Waals surface area contributed by atoms with E-state index in [9.17, 15) is 0 Å². The molecule has 2 nitrogen and oxygen atoms in total. The lowest BCUT2D eigenvalue weighted by atomic mass is 9.86. The molecule has 15 heavy (non-hydrogen) atoms. The Balaban J connectivity index is 1.87. The van der Waals surface area contributed by atoms with Crippen molar-refractivity contribution in [3.63, 3.8) is 0 Å². The van der Waals surface area contributed by atoms with Crippen molar-refractivity contribution in [3.05, 3.63) is 0 Å². The molecule has 0 saturated carbocycles. The van der Waals surface area contributed by atoms with Crippen LogP contribution in [0.2, 0.25) is 0 Å². The number of nitrogens with zero attached hydrogens (tertiary/aromatic N) is 1. The van der Waals surface area contributed by atoms with Gasteiger partial charge in [0.05, 0.1) is 0 Å². The van der Waals surface area contributed by atoms with Crippen molar-refractivity contribution < 1.29 is 0 Å². The third kappa shape index (κ3) is 2.89. The zero-order valence-corrected chi connectivity index (χ0v) is 10.6. The highest BCUT2D eigenvalue weighted by molar-refractivity contribution is 7.99. The average molecular weight is 228 g/mol. The molecule has 0 amide bonds. The van der Waals surface area contributed by atoms with E-state index in [1.165, 1.54) is 43.9 Å². The van der Waals surface area contributed by atoms with Crippen molar-refractivity contribution in [2.45, 2.75) is 32.2 Å². The zero-order chi connectivity index (χ0) is 10.7. The number of rotatable bonds is 2. The van der Waals surface area contributed by atoms with Gasteiger partial charge in [0.15, 0.2) is 0 Å². The van der Waals surface area contributed by atoms with Gasteiger partial charge in [0.2, 0.25) is 0 Å². The lowest BCUT2D eigenvalue weighted by molar-refractivity contribution is 0.0946. The Morgan fingerprint density at radius 3 is 2.93 bits per heavy atom. The van der Waals surface area contributed by atoms with E-state index < -0.39 is 0 Å². The SMILES string of the molecule is CC1CCN(C2CCCSC2)CC1CN. The second-order valence-electron chi connectivity index (χ2n) is 5.13. The quantitative estimate of drug-likeness (QED) is 0.781. The van der Waals surface area contributed by atoms with Crippen LogP contribution < -0.4 is 5.73 Å². The van der Waals surface area contributed by atoms with E-state index in [2.05, 4.69) is 23.6 Å². The van der Waals surface area contributed by atoms with Crippen molar-refractivity contribution in [3.8, 4) is 0 Å². The van der Waals surface area contributed by atoms with Crippen LogP contribution in [0.5, 0.6) is 0 Å². The molecule has 0 aromatic rings. The van der Waals surface area contributed by atoms with Gasteiger partial charge in [-0.25, -0.2) is 0 Å². The molecule has 2 fully saturated rings. The van der Waals surface area contributed by atoms with Crippen molar-refractivity contribution >= 4 is 11.8 Å². The maximum atomic E-state index is 5.85. The minimum atomic E-state index is 0.741. The highest BCUT2D eigenvalue weighted by atomic mass is 32.2. The molecule has 3 atom stereocenters. The van der Waals surface area contributed by atoms with E-state index in [0.717, 1.165) is 24.4 Å². The summed E-state index contributed by atoms with van der Waals surface area (Å²) < 4.78 is 0. The molecule has 2 aliphatic rings. The first-order valence-corrected chi connectivity index (χ1v) is 7.48. The van der Waals surface area contributed by atoms with E-state index >= 15 is 0 Å². The monoisotopic (exact) mass is 228 g/mol. The van der Waals surface area contributed by atoms with Gasteiger partial charge in [-0.2, -0.15) is 11.8 Å². The molecule has 2 aliphatic heterocycles. The Labute approximate surface area is 98.0 Å². The molecule has 0 aromatic carbocycles. The molecule has 88 valence electrons. The van der Waals surface area contributed by atoms with Gasteiger partial charge in [0, 0.05) is 18.3 Å². The maximum Gasteiger partial charge on any atom is 0.0186 e. The Morgan fingerprint density at radius 2 is 2.27 bits per heavy atom. The van der Waals surface area contributed by atoms with Crippen molar-refractivity contribution in [2.24, 2.45) is 17.6 Å². The van der Waals surface area contributed by atoms with Crippen LogP contribution >= 0.6 is 11.8 Å². The molecule has 2 saturated heterocycles. The van der Waals surface area contributed by atoms with E-state index in [0.29, 0.717) is 0 Å². The molecular formula is C12H24N2S. The highest BCUT2D eigenvalue weighted by Crippen LogP contribution is 2.28. The molecule has 3 heteroatoms. The van der Waals surface area contributed by atoms with Crippen LogP contribution in [-0.2, 0) is 0 Å². The lowest BCUT2D eigenvalue weighted by Crippen LogP contribution is -2.49. The summed E-state index contributed by atoms with van der Waals surface area (Å²) >= 11 is 2.13. The molecule has 2 N–H and O–H groups in total. The fraction of sp³-hybridized carbons (Fsp3) is 1.00. The summed E-state index contributed by atoms with van der Waals surface area (Å²) in [6.07, 6.45) is 4.18. The summed E-state index contributed by atoms with van der Waals surface area (Å²) in [4.78, 5) is 2.71. The zero-order valence-electron chi connectivity index (χ0n) is 9.82. The fourth-order valence-corrected chi connectivity index (χ4v) is 4.01. The van der Waals surface area contributed by atoms with Gasteiger partial charge in [-0.05, 0) is 49.9 Å². The number of nitrogens with two attached hydrogens (primary N) is 1. The minimum absolute atomic E-state index is 0.741. The first-order chi connectivity index (χ1) is 7.31. The van der Waals surface area contributed by atoms with E-state index in [1.54, 1.807) is 0 Å². The van der Waals surface area contributed by atoms with Crippen molar-refractivity contribution in [1.29, 1.82) is 0 Å². The van der Waals surface area contributed by atoms with Crippen LogP contribution in [-0.4, -0.2) is 42.1 Å². The maximum absolute atomic E-state index is 5.85. The second-order valence-corrected chi connectivity index (χ2v) is 6.28. The predicted molar refractivity (Wildman–Crippen MR) is 68.2 cm³/mol. The summed E-state index contributed by atoms with van der Waals surface area (Å²) in [5.41, 5.74) is 5.85. The van der Waals surface area contributed by atoms with Crippen molar-refractivity contribution in [1.82, 2.24) is 4.90 Å². The van der Waals surface area contributed by atoms with Crippen LogP contribution in [0.1, 0.15) is 26.2 Å². The summed E-state index contributed by atoms with van der Waals surface area (Å²) in [5, 5.41) is 0.